The van der Waals surface area contributed by atoms with Crippen molar-refractivity contribution in [2.75, 3.05) is 11.5 Å². The molecule has 4 rings (SSSR count). The van der Waals surface area contributed by atoms with Gasteiger partial charge in [-0.25, -0.2) is 0 Å². The summed E-state index contributed by atoms with van der Waals surface area (Å²) in [6.45, 7) is 0. The molecule has 0 fully saturated rings. The van der Waals surface area contributed by atoms with Crippen molar-refractivity contribution < 1.29 is 9.59 Å². The monoisotopic (exact) mass is 314 g/mol. The van der Waals surface area contributed by atoms with Gasteiger partial charge in [-0.15, -0.1) is 0 Å². The maximum atomic E-state index is 12.9. The molecule has 24 heavy (non-hydrogen) atoms. The minimum atomic E-state index is -0.262. The van der Waals surface area contributed by atoms with Crippen molar-refractivity contribution in [1.82, 2.24) is 0 Å². The van der Waals surface area contributed by atoms with Crippen molar-refractivity contribution in [2.45, 2.75) is 0 Å². The number of fused-ring (bicyclic) bond motifs is 2. The van der Waals surface area contributed by atoms with Crippen LogP contribution in [0, 0.1) is 0 Å². The van der Waals surface area contributed by atoms with E-state index in [4.69, 9.17) is 11.5 Å². The Morgan fingerprint density at radius 3 is 1.79 bits per heavy atom. The molecule has 0 heterocycles. The Morgan fingerprint density at radius 2 is 1.17 bits per heavy atom. The molecule has 0 amide bonds. The second-order valence-corrected chi connectivity index (χ2v) is 5.75. The van der Waals surface area contributed by atoms with Gasteiger partial charge in [-0.05, 0) is 11.6 Å². The Bertz CT molecular complexity index is 1010. The highest BCUT2D eigenvalue weighted by Gasteiger charge is 2.34. The fourth-order valence-corrected chi connectivity index (χ4v) is 3.20. The van der Waals surface area contributed by atoms with E-state index >= 15 is 0 Å². The molecule has 116 valence electrons. The third-order valence-corrected chi connectivity index (χ3v) is 4.35. The normalized spacial score (nSPS) is 12.7. The van der Waals surface area contributed by atoms with Crippen LogP contribution in [0.5, 0.6) is 0 Å². The third kappa shape index (κ3) is 1.86. The number of hydrogen-bond donors (Lipinski definition) is 2. The molecule has 0 spiro atoms. The maximum Gasteiger partial charge on any atom is 0.196 e. The van der Waals surface area contributed by atoms with Gasteiger partial charge in [0.05, 0.1) is 16.8 Å². The third-order valence-electron chi connectivity index (χ3n) is 4.35. The second-order valence-electron chi connectivity index (χ2n) is 5.75. The van der Waals surface area contributed by atoms with E-state index in [1.54, 1.807) is 30.3 Å². The van der Waals surface area contributed by atoms with Crippen LogP contribution in [-0.2, 0) is 0 Å². The van der Waals surface area contributed by atoms with Crippen LogP contribution in [0.4, 0.5) is 11.4 Å². The van der Waals surface area contributed by atoms with Crippen molar-refractivity contribution in [2.24, 2.45) is 0 Å². The van der Waals surface area contributed by atoms with Crippen LogP contribution in [0.25, 0.3) is 11.1 Å². The first-order chi connectivity index (χ1) is 11.6. The molecule has 4 N–H and O–H groups in total. The van der Waals surface area contributed by atoms with Crippen molar-refractivity contribution in [1.29, 1.82) is 0 Å². The molecule has 4 nitrogen and oxygen atoms in total. The molecule has 1 aliphatic rings. The van der Waals surface area contributed by atoms with Crippen molar-refractivity contribution in [3.05, 3.63) is 82.9 Å². The van der Waals surface area contributed by atoms with E-state index < -0.39 is 0 Å². The first kappa shape index (κ1) is 14.2. The molecule has 3 aromatic rings. The van der Waals surface area contributed by atoms with Crippen LogP contribution in [0.1, 0.15) is 31.8 Å². The number of anilines is 2. The summed E-state index contributed by atoms with van der Waals surface area (Å²) in [5.74, 6) is -0.522. The molecule has 0 bridgehead atoms. The molecule has 0 radical (unpaired) electrons. The van der Waals surface area contributed by atoms with Crippen molar-refractivity contribution >= 4 is 22.9 Å². The molecule has 0 atom stereocenters. The number of rotatable bonds is 1. The Kier molecular flexibility index (Phi) is 3.00. The standard InChI is InChI=1S/C20H14N2O2/c21-15-10-14(11-6-2-1-3-7-11)18(22)17-16(15)19(23)12-8-4-5-9-13(12)20(17)24/h1-10H,21-22H2. The van der Waals surface area contributed by atoms with E-state index in [9.17, 15) is 9.59 Å². The lowest BCUT2D eigenvalue weighted by molar-refractivity contribution is 0.0980. The highest BCUT2D eigenvalue weighted by molar-refractivity contribution is 6.32. The maximum absolute atomic E-state index is 12.9. The molecule has 0 aromatic heterocycles. The molecule has 4 heteroatoms. The van der Waals surface area contributed by atoms with E-state index in [1.807, 2.05) is 30.3 Å². The van der Waals surface area contributed by atoms with Gasteiger partial charge in [-0.2, -0.15) is 0 Å². The zero-order valence-electron chi connectivity index (χ0n) is 12.7. The van der Waals surface area contributed by atoms with E-state index in [0.717, 1.165) is 5.56 Å². The summed E-state index contributed by atoms with van der Waals surface area (Å²) in [5.41, 5.74) is 15.6. The predicted octanol–water partition coefficient (Wildman–Crippen LogP) is 3.29. The molecule has 0 saturated heterocycles. The van der Waals surface area contributed by atoms with Crippen LogP contribution in [0.2, 0.25) is 0 Å². The molecule has 0 saturated carbocycles. The average molecular weight is 314 g/mol. The van der Waals surface area contributed by atoms with Crippen LogP contribution in [-0.4, -0.2) is 11.6 Å². The average Bonchev–Trinajstić information content (AvgIpc) is 2.62. The van der Waals surface area contributed by atoms with Crippen LogP contribution in [0.15, 0.2) is 60.7 Å². The Labute approximate surface area is 138 Å². The SMILES string of the molecule is Nc1cc(-c2ccccc2)c(N)c2c1C(=O)c1ccccc1C2=O. The predicted molar refractivity (Wildman–Crippen MR) is 94.0 cm³/mol. The van der Waals surface area contributed by atoms with E-state index in [2.05, 4.69) is 0 Å². The molecule has 3 aromatic carbocycles. The number of ketones is 2. The zero-order chi connectivity index (χ0) is 16.8. The van der Waals surface area contributed by atoms with Gasteiger partial charge in [-0.1, -0.05) is 54.6 Å². The smallest absolute Gasteiger partial charge is 0.196 e. The summed E-state index contributed by atoms with van der Waals surface area (Å²) in [4.78, 5) is 25.7. The van der Waals surface area contributed by atoms with Gasteiger partial charge in [0.15, 0.2) is 11.6 Å². The minimum Gasteiger partial charge on any atom is -0.398 e. The summed E-state index contributed by atoms with van der Waals surface area (Å²) >= 11 is 0. The number of nitrogen functional groups attached to an aromatic ring is 2. The topological polar surface area (TPSA) is 86.2 Å². The summed E-state index contributed by atoms with van der Waals surface area (Å²) in [6, 6.07) is 17.8. The zero-order valence-corrected chi connectivity index (χ0v) is 12.7. The van der Waals surface area contributed by atoms with Gasteiger partial charge in [-0.3, -0.25) is 9.59 Å². The van der Waals surface area contributed by atoms with Gasteiger partial charge >= 0.3 is 0 Å². The quantitative estimate of drug-likeness (QED) is 0.528. The van der Waals surface area contributed by atoms with Gasteiger partial charge in [0.1, 0.15) is 0 Å². The summed E-state index contributed by atoms with van der Waals surface area (Å²) in [6.07, 6.45) is 0. The van der Waals surface area contributed by atoms with Crippen LogP contribution in [0.3, 0.4) is 0 Å². The Morgan fingerprint density at radius 1 is 0.625 bits per heavy atom. The number of nitrogens with two attached hydrogens (primary N) is 2. The summed E-state index contributed by atoms with van der Waals surface area (Å²) in [7, 11) is 0. The fourth-order valence-electron chi connectivity index (χ4n) is 3.20. The lowest BCUT2D eigenvalue weighted by atomic mass is 9.80. The molecule has 0 unspecified atom stereocenters. The van der Waals surface area contributed by atoms with Gasteiger partial charge < -0.3 is 11.5 Å². The number of carbonyl (C=O) groups is 2. The number of benzene rings is 3. The molecule has 1 aliphatic carbocycles. The second kappa shape index (κ2) is 5.06. The first-order valence-electron chi connectivity index (χ1n) is 7.55. The van der Waals surface area contributed by atoms with Crippen molar-refractivity contribution in [3.8, 4) is 11.1 Å². The van der Waals surface area contributed by atoms with Gasteiger partial charge in [0.25, 0.3) is 0 Å². The number of carbonyl (C=O) groups excluding carboxylic acids is 2. The van der Waals surface area contributed by atoms with Gasteiger partial charge in [0.2, 0.25) is 0 Å². The molecular formula is C20H14N2O2. The summed E-state index contributed by atoms with van der Waals surface area (Å²) in [5, 5.41) is 0. The lowest BCUT2D eigenvalue weighted by Crippen LogP contribution is -2.24. The van der Waals surface area contributed by atoms with E-state index in [-0.39, 0.29) is 28.4 Å². The van der Waals surface area contributed by atoms with E-state index in [1.165, 1.54) is 0 Å². The van der Waals surface area contributed by atoms with Crippen LogP contribution >= 0.6 is 0 Å². The van der Waals surface area contributed by atoms with Crippen LogP contribution < -0.4 is 11.5 Å². The largest absolute Gasteiger partial charge is 0.398 e. The lowest BCUT2D eigenvalue weighted by Gasteiger charge is -2.22. The minimum absolute atomic E-state index is 0.205. The summed E-state index contributed by atoms with van der Waals surface area (Å²) < 4.78 is 0. The highest BCUT2D eigenvalue weighted by atomic mass is 16.1. The van der Waals surface area contributed by atoms with Crippen molar-refractivity contribution in [3.63, 3.8) is 0 Å². The Hall–Kier alpha value is -3.40. The number of hydrogen-bond acceptors (Lipinski definition) is 4. The Balaban J connectivity index is 2.04. The first-order valence-corrected chi connectivity index (χ1v) is 7.55. The molecule has 0 aliphatic heterocycles. The highest BCUT2D eigenvalue weighted by Crippen LogP contribution is 2.39. The van der Waals surface area contributed by atoms with E-state index in [0.29, 0.717) is 22.4 Å². The fraction of sp³-hybridized carbons (Fsp3) is 0. The molecular weight excluding hydrogens is 300 g/mol. The van der Waals surface area contributed by atoms with Gasteiger partial charge in [0, 0.05) is 22.4 Å².